The molecule has 0 heterocycles. The lowest BCUT2D eigenvalue weighted by molar-refractivity contribution is 0.0693. The molecule has 0 unspecified atom stereocenters. The van der Waals surface area contributed by atoms with Crippen LogP contribution < -0.4 is 0 Å². The van der Waals surface area contributed by atoms with Gasteiger partial charge in [-0.3, -0.25) is 0 Å². The number of rotatable bonds is 3. The zero-order valence-electron chi connectivity index (χ0n) is 9.36. The Labute approximate surface area is 117 Å². The van der Waals surface area contributed by atoms with E-state index in [0.717, 1.165) is 23.9 Å². The number of halogens is 3. The maximum Gasteiger partial charge on any atom is 0.336 e. The lowest BCUT2D eigenvalue weighted by Crippen LogP contribution is -1.98. The van der Waals surface area contributed by atoms with Crippen molar-refractivity contribution in [2.24, 2.45) is 0 Å². The van der Waals surface area contributed by atoms with Crippen molar-refractivity contribution in [3.8, 4) is 0 Å². The fourth-order valence-electron chi connectivity index (χ4n) is 1.43. The second-order valence-electron chi connectivity index (χ2n) is 3.62. The largest absolute Gasteiger partial charge is 0.478 e. The maximum absolute atomic E-state index is 13.5. The van der Waals surface area contributed by atoms with E-state index in [1.54, 1.807) is 0 Å². The first-order valence-corrected chi connectivity index (χ1v) is 6.32. The number of carbonyl (C=O) groups is 1. The van der Waals surface area contributed by atoms with E-state index in [4.69, 9.17) is 16.7 Å². The minimum atomic E-state index is -1.16. The first kappa shape index (κ1) is 13.8. The van der Waals surface area contributed by atoms with Gasteiger partial charge in [0.2, 0.25) is 0 Å². The van der Waals surface area contributed by atoms with Crippen LogP contribution in [0.1, 0.15) is 10.4 Å². The van der Waals surface area contributed by atoms with Crippen LogP contribution in [0.3, 0.4) is 0 Å². The van der Waals surface area contributed by atoms with Gasteiger partial charge in [0.05, 0.1) is 5.56 Å². The first-order chi connectivity index (χ1) is 8.97. The Morgan fingerprint density at radius 1 is 1.11 bits per heavy atom. The summed E-state index contributed by atoms with van der Waals surface area (Å²) in [6, 6.07) is 7.40. The van der Waals surface area contributed by atoms with E-state index in [2.05, 4.69) is 0 Å². The molecular formula is C13H7ClF2O2S. The number of hydrogen-bond donors (Lipinski definition) is 1. The molecule has 2 aromatic carbocycles. The van der Waals surface area contributed by atoms with Gasteiger partial charge < -0.3 is 5.11 Å². The Bertz CT molecular complexity index is 647. The summed E-state index contributed by atoms with van der Waals surface area (Å²) in [4.78, 5) is 11.6. The second-order valence-corrected chi connectivity index (χ2v) is 5.14. The SMILES string of the molecule is O=C(O)c1cc(Cl)ccc1Sc1ccc(F)cc1F. The van der Waals surface area contributed by atoms with Crippen LogP contribution in [0.25, 0.3) is 0 Å². The molecule has 2 rings (SSSR count). The minimum absolute atomic E-state index is 0.0266. The van der Waals surface area contributed by atoms with Gasteiger partial charge in [-0.25, -0.2) is 13.6 Å². The van der Waals surface area contributed by atoms with Crippen LogP contribution in [0.15, 0.2) is 46.2 Å². The van der Waals surface area contributed by atoms with Crippen molar-refractivity contribution < 1.29 is 18.7 Å². The quantitative estimate of drug-likeness (QED) is 0.909. The summed E-state index contributed by atoms with van der Waals surface area (Å²) < 4.78 is 26.3. The van der Waals surface area contributed by atoms with Crippen LogP contribution in [-0.4, -0.2) is 11.1 Å². The molecule has 0 fully saturated rings. The molecule has 0 aliphatic rings. The predicted octanol–water partition coefficient (Wildman–Crippen LogP) is 4.47. The van der Waals surface area contributed by atoms with E-state index in [9.17, 15) is 13.6 Å². The fourth-order valence-corrected chi connectivity index (χ4v) is 2.53. The first-order valence-electron chi connectivity index (χ1n) is 5.13. The minimum Gasteiger partial charge on any atom is -0.478 e. The molecule has 0 spiro atoms. The van der Waals surface area contributed by atoms with Crippen molar-refractivity contribution in [1.29, 1.82) is 0 Å². The second kappa shape index (κ2) is 5.59. The molecule has 0 atom stereocenters. The molecule has 98 valence electrons. The lowest BCUT2D eigenvalue weighted by atomic mass is 10.2. The summed E-state index contributed by atoms with van der Waals surface area (Å²) in [6.07, 6.45) is 0. The van der Waals surface area contributed by atoms with Gasteiger partial charge in [0.15, 0.2) is 0 Å². The number of benzene rings is 2. The molecule has 0 aliphatic carbocycles. The molecule has 1 N–H and O–H groups in total. The third-order valence-corrected chi connectivity index (χ3v) is 3.65. The van der Waals surface area contributed by atoms with Crippen LogP contribution in [-0.2, 0) is 0 Å². The number of hydrogen-bond acceptors (Lipinski definition) is 2. The Morgan fingerprint density at radius 2 is 1.79 bits per heavy atom. The average molecular weight is 301 g/mol. The maximum atomic E-state index is 13.5. The highest BCUT2D eigenvalue weighted by Crippen LogP contribution is 2.33. The molecule has 0 saturated heterocycles. The lowest BCUT2D eigenvalue weighted by Gasteiger charge is -2.07. The van der Waals surface area contributed by atoms with E-state index in [-0.39, 0.29) is 15.5 Å². The van der Waals surface area contributed by atoms with Crippen molar-refractivity contribution in [1.82, 2.24) is 0 Å². The van der Waals surface area contributed by atoms with Crippen molar-refractivity contribution >= 4 is 29.3 Å². The van der Waals surface area contributed by atoms with Crippen LogP contribution in [0.5, 0.6) is 0 Å². The van der Waals surface area contributed by atoms with E-state index >= 15 is 0 Å². The van der Waals surface area contributed by atoms with Crippen molar-refractivity contribution in [2.75, 3.05) is 0 Å². The van der Waals surface area contributed by atoms with E-state index in [1.165, 1.54) is 24.3 Å². The van der Waals surface area contributed by atoms with Gasteiger partial charge in [0, 0.05) is 20.9 Å². The van der Waals surface area contributed by atoms with Gasteiger partial charge in [-0.05, 0) is 30.3 Å². The molecule has 0 aliphatic heterocycles. The van der Waals surface area contributed by atoms with Gasteiger partial charge in [-0.15, -0.1) is 0 Å². The molecular weight excluding hydrogens is 294 g/mol. The van der Waals surface area contributed by atoms with E-state index in [1.807, 2.05) is 0 Å². The molecule has 2 aromatic rings. The monoisotopic (exact) mass is 300 g/mol. The summed E-state index contributed by atoms with van der Waals surface area (Å²) in [7, 11) is 0. The predicted molar refractivity (Wildman–Crippen MR) is 68.9 cm³/mol. The molecule has 19 heavy (non-hydrogen) atoms. The molecule has 0 aromatic heterocycles. The van der Waals surface area contributed by atoms with Crippen molar-refractivity contribution in [2.45, 2.75) is 9.79 Å². The van der Waals surface area contributed by atoms with Crippen LogP contribution in [0.4, 0.5) is 8.78 Å². The third-order valence-electron chi connectivity index (χ3n) is 2.29. The molecule has 0 amide bonds. The van der Waals surface area contributed by atoms with Crippen LogP contribution >= 0.6 is 23.4 Å². The Balaban J connectivity index is 2.40. The molecule has 6 heteroatoms. The number of carboxylic acids is 1. The van der Waals surface area contributed by atoms with Crippen molar-refractivity contribution in [3.63, 3.8) is 0 Å². The zero-order valence-corrected chi connectivity index (χ0v) is 10.9. The highest BCUT2D eigenvalue weighted by Gasteiger charge is 2.14. The highest BCUT2D eigenvalue weighted by atomic mass is 35.5. The molecule has 2 nitrogen and oxygen atoms in total. The van der Waals surface area contributed by atoms with Crippen molar-refractivity contribution in [3.05, 3.63) is 58.6 Å². The van der Waals surface area contributed by atoms with Crippen LogP contribution in [0.2, 0.25) is 5.02 Å². The third kappa shape index (κ3) is 3.24. The molecule has 0 radical (unpaired) electrons. The normalized spacial score (nSPS) is 10.5. The van der Waals surface area contributed by atoms with Gasteiger partial charge in [0.25, 0.3) is 0 Å². The average Bonchev–Trinajstić information content (AvgIpc) is 2.34. The number of carboxylic acid groups (broad SMARTS) is 1. The summed E-state index contributed by atoms with van der Waals surface area (Å²) in [5.74, 6) is -2.58. The fraction of sp³-hybridized carbons (Fsp3) is 0. The Hall–Kier alpha value is -1.59. The highest BCUT2D eigenvalue weighted by molar-refractivity contribution is 7.99. The van der Waals surface area contributed by atoms with Gasteiger partial charge in [0.1, 0.15) is 11.6 Å². The Morgan fingerprint density at radius 3 is 2.42 bits per heavy atom. The molecule has 0 bridgehead atoms. The summed E-state index contributed by atoms with van der Waals surface area (Å²) >= 11 is 6.63. The van der Waals surface area contributed by atoms with Gasteiger partial charge >= 0.3 is 5.97 Å². The standard InChI is InChI=1S/C13H7ClF2O2S/c14-7-1-3-11(9(5-7)13(17)18)19-12-4-2-8(15)6-10(12)16/h1-6H,(H,17,18). The topological polar surface area (TPSA) is 37.3 Å². The Kier molecular flexibility index (Phi) is 4.07. The smallest absolute Gasteiger partial charge is 0.336 e. The van der Waals surface area contributed by atoms with Crippen LogP contribution in [0, 0.1) is 11.6 Å². The summed E-state index contributed by atoms with van der Waals surface area (Å²) in [6.45, 7) is 0. The summed E-state index contributed by atoms with van der Waals surface area (Å²) in [5, 5.41) is 9.33. The molecule has 0 saturated carbocycles. The van der Waals surface area contributed by atoms with E-state index in [0.29, 0.717) is 4.90 Å². The summed E-state index contributed by atoms with van der Waals surface area (Å²) in [5.41, 5.74) is -0.0266. The zero-order chi connectivity index (χ0) is 14.0. The number of aromatic carboxylic acids is 1. The van der Waals surface area contributed by atoms with E-state index < -0.39 is 17.6 Å². The van der Waals surface area contributed by atoms with Gasteiger partial charge in [-0.2, -0.15) is 0 Å². The van der Waals surface area contributed by atoms with Gasteiger partial charge in [-0.1, -0.05) is 23.4 Å².